The Morgan fingerprint density at radius 1 is 1.13 bits per heavy atom. The standard InChI is InChI=1S/C22H25ClN4O2S/c1-4-15-6-8-16(9-7-15)17-14(3)30-20-18(17)19(24-21(23)25-20)26-10-12-27(13-11-26)22(28)29-5-2/h6-9H,4-5,10-13H2,1-3H3. The number of nitrogens with zero attached hydrogens (tertiary/aromatic N) is 4. The van der Waals surface area contributed by atoms with Crippen LogP contribution in [0.4, 0.5) is 10.6 Å². The van der Waals surface area contributed by atoms with E-state index < -0.39 is 0 Å². The number of piperazine rings is 1. The Morgan fingerprint density at radius 3 is 2.47 bits per heavy atom. The molecular formula is C22H25ClN4O2S. The number of aromatic nitrogens is 2. The average molecular weight is 445 g/mol. The smallest absolute Gasteiger partial charge is 0.409 e. The highest BCUT2D eigenvalue weighted by atomic mass is 35.5. The molecule has 158 valence electrons. The number of amides is 1. The van der Waals surface area contributed by atoms with E-state index in [0.717, 1.165) is 33.6 Å². The molecule has 8 heteroatoms. The molecule has 0 aliphatic carbocycles. The fourth-order valence-electron chi connectivity index (χ4n) is 3.87. The van der Waals surface area contributed by atoms with Crippen molar-refractivity contribution >= 4 is 45.1 Å². The summed E-state index contributed by atoms with van der Waals surface area (Å²) < 4.78 is 5.13. The summed E-state index contributed by atoms with van der Waals surface area (Å²) in [6, 6.07) is 8.69. The van der Waals surface area contributed by atoms with Gasteiger partial charge in [0.05, 0.1) is 12.0 Å². The molecule has 0 unspecified atom stereocenters. The van der Waals surface area contributed by atoms with E-state index in [1.807, 2.05) is 6.92 Å². The van der Waals surface area contributed by atoms with E-state index in [1.54, 1.807) is 16.2 Å². The second kappa shape index (κ2) is 8.78. The minimum Gasteiger partial charge on any atom is -0.450 e. The van der Waals surface area contributed by atoms with E-state index in [4.69, 9.17) is 16.3 Å². The lowest BCUT2D eigenvalue weighted by Crippen LogP contribution is -2.49. The first-order chi connectivity index (χ1) is 14.5. The maximum atomic E-state index is 12.0. The van der Waals surface area contributed by atoms with Crippen LogP contribution in [0.25, 0.3) is 21.3 Å². The van der Waals surface area contributed by atoms with Gasteiger partial charge in [0.1, 0.15) is 10.6 Å². The predicted octanol–water partition coefficient (Wildman–Crippen LogP) is 5.16. The zero-order valence-electron chi connectivity index (χ0n) is 17.4. The van der Waals surface area contributed by atoms with E-state index in [9.17, 15) is 4.79 Å². The third-order valence-electron chi connectivity index (χ3n) is 5.44. The van der Waals surface area contributed by atoms with E-state index in [-0.39, 0.29) is 11.4 Å². The number of fused-ring (bicyclic) bond motifs is 1. The van der Waals surface area contributed by atoms with Crippen molar-refractivity contribution in [3.63, 3.8) is 0 Å². The molecule has 30 heavy (non-hydrogen) atoms. The van der Waals surface area contributed by atoms with Crippen LogP contribution in [0.2, 0.25) is 5.28 Å². The molecule has 1 amide bonds. The van der Waals surface area contributed by atoms with Gasteiger partial charge in [-0.1, -0.05) is 31.2 Å². The predicted molar refractivity (Wildman–Crippen MR) is 123 cm³/mol. The van der Waals surface area contributed by atoms with E-state index in [2.05, 4.69) is 53.0 Å². The van der Waals surface area contributed by atoms with Crippen molar-refractivity contribution in [3.8, 4) is 11.1 Å². The van der Waals surface area contributed by atoms with E-state index >= 15 is 0 Å². The number of ether oxygens (including phenoxy) is 1. The van der Waals surface area contributed by atoms with E-state index in [1.165, 1.54) is 10.4 Å². The summed E-state index contributed by atoms with van der Waals surface area (Å²) in [5, 5.41) is 1.29. The van der Waals surface area contributed by atoms with Gasteiger partial charge in [-0.15, -0.1) is 11.3 Å². The third-order valence-corrected chi connectivity index (χ3v) is 6.61. The van der Waals surface area contributed by atoms with Crippen LogP contribution < -0.4 is 4.90 Å². The number of hydrogen-bond donors (Lipinski definition) is 0. The summed E-state index contributed by atoms with van der Waals surface area (Å²) in [5.74, 6) is 0.840. The lowest BCUT2D eigenvalue weighted by molar-refractivity contribution is 0.105. The molecule has 4 rings (SSSR count). The van der Waals surface area contributed by atoms with Gasteiger partial charge >= 0.3 is 6.09 Å². The number of carbonyl (C=O) groups excluding carboxylic acids is 1. The number of rotatable bonds is 4. The van der Waals surface area contributed by atoms with Gasteiger partial charge in [0.25, 0.3) is 0 Å². The number of benzene rings is 1. The second-order valence-electron chi connectivity index (χ2n) is 7.25. The average Bonchev–Trinajstić information content (AvgIpc) is 3.09. The molecule has 6 nitrogen and oxygen atoms in total. The van der Waals surface area contributed by atoms with Gasteiger partial charge in [-0.3, -0.25) is 0 Å². The lowest BCUT2D eigenvalue weighted by atomic mass is 10.0. The Labute approximate surface area is 185 Å². The normalized spacial score (nSPS) is 14.4. The van der Waals surface area contributed by atoms with Crippen molar-refractivity contribution in [2.75, 3.05) is 37.7 Å². The van der Waals surface area contributed by atoms with Gasteiger partial charge < -0.3 is 14.5 Å². The minimum atomic E-state index is -0.258. The summed E-state index contributed by atoms with van der Waals surface area (Å²) >= 11 is 7.93. The summed E-state index contributed by atoms with van der Waals surface area (Å²) in [7, 11) is 0. The first-order valence-electron chi connectivity index (χ1n) is 10.2. The van der Waals surface area contributed by atoms with E-state index in [0.29, 0.717) is 32.8 Å². The van der Waals surface area contributed by atoms with Crippen molar-refractivity contribution in [1.29, 1.82) is 0 Å². The summed E-state index contributed by atoms with van der Waals surface area (Å²) in [4.78, 5) is 27.2. The Bertz CT molecular complexity index is 1060. The van der Waals surface area contributed by atoms with Crippen molar-refractivity contribution in [2.24, 2.45) is 0 Å². The van der Waals surface area contributed by atoms with Gasteiger partial charge in [0.2, 0.25) is 5.28 Å². The highest BCUT2D eigenvalue weighted by molar-refractivity contribution is 7.19. The number of carbonyl (C=O) groups is 1. The summed E-state index contributed by atoms with van der Waals surface area (Å²) in [6.45, 7) is 9.00. The van der Waals surface area contributed by atoms with Crippen LogP contribution in [0.3, 0.4) is 0 Å². The lowest BCUT2D eigenvalue weighted by Gasteiger charge is -2.35. The number of anilines is 1. The monoisotopic (exact) mass is 444 g/mol. The summed E-state index contributed by atoms with van der Waals surface area (Å²) in [6.07, 6.45) is 0.754. The van der Waals surface area contributed by atoms with Crippen molar-refractivity contribution in [3.05, 3.63) is 40.0 Å². The van der Waals surface area contributed by atoms with Gasteiger partial charge in [0.15, 0.2) is 0 Å². The first-order valence-corrected chi connectivity index (χ1v) is 11.4. The zero-order valence-corrected chi connectivity index (χ0v) is 19.0. The maximum absolute atomic E-state index is 12.0. The largest absolute Gasteiger partial charge is 0.450 e. The molecule has 0 saturated carbocycles. The fraction of sp³-hybridized carbons (Fsp3) is 0.409. The number of aryl methyl sites for hydroxylation is 2. The van der Waals surface area contributed by atoms with Crippen molar-refractivity contribution in [1.82, 2.24) is 14.9 Å². The fourth-order valence-corrected chi connectivity index (χ4v) is 5.12. The molecule has 1 saturated heterocycles. The molecule has 2 aromatic heterocycles. The Morgan fingerprint density at radius 2 is 1.83 bits per heavy atom. The minimum absolute atomic E-state index is 0.249. The molecule has 0 bridgehead atoms. The first kappa shape index (κ1) is 20.9. The Balaban J connectivity index is 1.72. The molecule has 0 N–H and O–H groups in total. The number of halogens is 1. The molecule has 1 aliphatic heterocycles. The van der Waals surface area contributed by atoms with Crippen LogP contribution in [-0.2, 0) is 11.2 Å². The maximum Gasteiger partial charge on any atom is 0.409 e. The van der Waals surface area contributed by atoms with Crippen LogP contribution >= 0.6 is 22.9 Å². The second-order valence-corrected chi connectivity index (χ2v) is 8.79. The van der Waals surface area contributed by atoms with Crippen LogP contribution in [0, 0.1) is 6.92 Å². The molecule has 3 heterocycles. The van der Waals surface area contributed by atoms with Gasteiger partial charge in [-0.25, -0.2) is 9.78 Å². The molecule has 1 aliphatic rings. The van der Waals surface area contributed by atoms with Crippen molar-refractivity contribution < 1.29 is 9.53 Å². The molecule has 3 aromatic rings. The molecular weight excluding hydrogens is 420 g/mol. The third kappa shape index (κ3) is 3.96. The highest BCUT2D eigenvalue weighted by Gasteiger charge is 2.27. The summed E-state index contributed by atoms with van der Waals surface area (Å²) in [5.41, 5.74) is 3.64. The van der Waals surface area contributed by atoms with Crippen LogP contribution in [-0.4, -0.2) is 53.7 Å². The SMILES string of the molecule is CCOC(=O)N1CCN(c2nc(Cl)nc3sc(C)c(-c4ccc(CC)cc4)c23)CC1. The molecule has 0 spiro atoms. The van der Waals surface area contributed by atoms with Crippen molar-refractivity contribution in [2.45, 2.75) is 27.2 Å². The van der Waals surface area contributed by atoms with Crippen LogP contribution in [0.1, 0.15) is 24.3 Å². The molecule has 0 atom stereocenters. The number of thiophene rings is 1. The molecule has 0 radical (unpaired) electrons. The zero-order chi connectivity index (χ0) is 21.3. The number of hydrogen-bond acceptors (Lipinski definition) is 6. The molecule has 1 aromatic carbocycles. The van der Waals surface area contributed by atoms with Crippen LogP contribution in [0.5, 0.6) is 0 Å². The Kier molecular flexibility index (Phi) is 6.11. The van der Waals surface area contributed by atoms with Gasteiger partial charge in [-0.2, -0.15) is 4.98 Å². The topological polar surface area (TPSA) is 58.6 Å². The Hall–Kier alpha value is -2.38. The highest BCUT2D eigenvalue weighted by Crippen LogP contribution is 2.42. The van der Waals surface area contributed by atoms with Gasteiger partial charge in [-0.05, 0) is 43.0 Å². The van der Waals surface area contributed by atoms with Gasteiger partial charge in [0, 0.05) is 36.6 Å². The van der Waals surface area contributed by atoms with Crippen LogP contribution in [0.15, 0.2) is 24.3 Å². The molecule has 1 fully saturated rings. The quantitative estimate of drug-likeness (QED) is 0.520.